The fourth-order valence-electron chi connectivity index (χ4n) is 9.71. The van der Waals surface area contributed by atoms with Gasteiger partial charge in [-0.1, -0.05) is 224 Å². The minimum Gasteiger partial charge on any atom is -0.455 e. The second-order valence-corrected chi connectivity index (χ2v) is 18.4. The van der Waals surface area contributed by atoms with Crippen molar-refractivity contribution in [3.63, 3.8) is 0 Å². The van der Waals surface area contributed by atoms with Crippen LogP contribution in [0.1, 0.15) is 0 Å². The number of thiazole rings is 1. The normalized spacial score (nSPS) is 11.4. The van der Waals surface area contributed by atoms with E-state index < -0.39 is 0 Å². The van der Waals surface area contributed by atoms with Crippen LogP contribution in [0.5, 0.6) is 0 Å². The van der Waals surface area contributed by atoms with Gasteiger partial charge < -0.3 is 4.42 Å². The summed E-state index contributed by atoms with van der Waals surface area (Å²) in [6.45, 7) is 0. The Labute approximate surface area is 409 Å². The molecule has 0 atom stereocenters. The van der Waals surface area contributed by atoms with E-state index in [0.717, 1.165) is 132 Å². The van der Waals surface area contributed by atoms with Crippen molar-refractivity contribution >= 4 is 43.5 Å². The number of fused-ring (bicyclic) bond motifs is 4. The average Bonchev–Trinajstić information content (AvgIpc) is 4.07. The van der Waals surface area contributed by atoms with E-state index in [-0.39, 0.29) is 0 Å². The smallest absolute Gasteiger partial charge is 0.145 e. The Kier molecular flexibility index (Phi) is 10.3. The van der Waals surface area contributed by atoms with Crippen LogP contribution in [-0.2, 0) is 0 Å². The van der Waals surface area contributed by atoms with Crippen molar-refractivity contribution in [1.29, 1.82) is 0 Å². The van der Waals surface area contributed by atoms with Crippen LogP contribution in [-0.4, -0.2) is 15.0 Å². The zero-order valence-corrected chi connectivity index (χ0v) is 38.6. The van der Waals surface area contributed by atoms with Gasteiger partial charge >= 0.3 is 0 Å². The Bertz CT molecular complexity index is 3810. The molecule has 0 unspecified atom stereocenters. The molecular weight excluding hydrogens is 871 g/mol. The van der Waals surface area contributed by atoms with E-state index in [9.17, 15) is 0 Å². The number of hydrogen-bond donors (Lipinski definition) is 0. The van der Waals surface area contributed by atoms with Crippen molar-refractivity contribution in [2.75, 3.05) is 0 Å². The summed E-state index contributed by atoms with van der Waals surface area (Å²) in [5, 5.41) is 3.10. The molecule has 4 aromatic heterocycles. The van der Waals surface area contributed by atoms with Crippen LogP contribution < -0.4 is 0 Å². The molecule has 13 rings (SSSR count). The number of nitrogens with zero attached hydrogens (tertiary/aromatic N) is 3. The first-order chi connectivity index (χ1) is 34.7. The number of para-hydroxylation sites is 2. The van der Waals surface area contributed by atoms with Crippen molar-refractivity contribution in [1.82, 2.24) is 15.0 Å². The molecule has 5 heteroatoms. The van der Waals surface area contributed by atoms with Gasteiger partial charge in [-0.15, -0.1) is 11.3 Å². The van der Waals surface area contributed by atoms with Crippen LogP contribution in [0.15, 0.2) is 253 Å². The summed E-state index contributed by atoms with van der Waals surface area (Å²) >= 11 is 1.71. The standard InChI is InChI=1S/C65H41N3OS/c1-5-16-46(17-6-1)57-40-38-50(60(66-57)48-20-9-3-10-21-48)42-28-30-44(31-29-42)52-36-37-53(64-62(52)68-65(70-64)56-26-15-25-55-54-24-13-14-27-59(54)69-63(55)56)45-34-32-43(33-35-45)51-39-41-58(47-18-7-2-8-19-47)67-61(51)49-22-11-4-12-23-49/h1-41H. The Morgan fingerprint density at radius 2 is 0.714 bits per heavy atom. The highest BCUT2D eigenvalue weighted by molar-refractivity contribution is 7.22. The lowest BCUT2D eigenvalue weighted by molar-refractivity contribution is 0.670. The molecule has 0 N–H and O–H groups in total. The van der Waals surface area contributed by atoms with E-state index in [1.54, 1.807) is 11.3 Å². The Morgan fingerprint density at radius 3 is 1.26 bits per heavy atom. The van der Waals surface area contributed by atoms with Gasteiger partial charge in [-0.05, 0) is 46.5 Å². The van der Waals surface area contributed by atoms with Gasteiger partial charge in [-0.3, -0.25) is 0 Å². The predicted octanol–water partition coefficient (Wildman–Crippen LogP) is 18.0. The number of hydrogen-bond acceptors (Lipinski definition) is 5. The van der Waals surface area contributed by atoms with Crippen LogP contribution in [0.4, 0.5) is 0 Å². The minimum absolute atomic E-state index is 0.849. The third-order valence-corrected chi connectivity index (χ3v) is 14.3. The lowest BCUT2D eigenvalue weighted by atomic mass is 9.94. The maximum atomic E-state index is 6.58. The largest absolute Gasteiger partial charge is 0.455 e. The monoisotopic (exact) mass is 911 g/mol. The molecule has 0 aliphatic carbocycles. The maximum Gasteiger partial charge on any atom is 0.145 e. The molecule has 9 aromatic carbocycles. The number of furan rings is 1. The second kappa shape index (κ2) is 17.6. The summed E-state index contributed by atoms with van der Waals surface area (Å²) in [4.78, 5) is 16.0. The molecule has 328 valence electrons. The Balaban J connectivity index is 0.924. The summed E-state index contributed by atoms with van der Waals surface area (Å²) in [5.41, 5.74) is 20.5. The van der Waals surface area contributed by atoms with E-state index in [1.165, 1.54) is 0 Å². The number of aromatic nitrogens is 3. The molecule has 4 heterocycles. The van der Waals surface area contributed by atoms with Crippen LogP contribution in [0.3, 0.4) is 0 Å². The highest BCUT2D eigenvalue weighted by atomic mass is 32.1. The summed E-state index contributed by atoms with van der Waals surface area (Å²) < 4.78 is 7.69. The third kappa shape index (κ3) is 7.46. The van der Waals surface area contributed by atoms with Crippen molar-refractivity contribution in [3.8, 4) is 100 Å². The first-order valence-corrected chi connectivity index (χ1v) is 24.3. The van der Waals surface area contributed by atoms with E-state index in [1.807, 2.05) is 36.4 Å². The molecule has 0 aliphatic rings. The molecular formula is C65H41N3OS. The SMILES string of the molecule is c1ccc(-c2ccc(-c3ccc(-c4ccc(-c5ccc(-c6ccc(-c7ccccc7)nc6-c6ccccc6)cc5)c5sc(-c6cccc7c6oc6ccccc67)nc45)cc3)c(-c3ccccc3)n2)cc1. The second-order valence-electron chi connectivity index (χ2n) is 17.4. The number of pyridine rings is 2. The van der Waals surface area contributed by atoms with Crippen LogP contribution in [0, 0.1) is 0 Å². The van der Waals surface area contributed by atoms with Gasteiger partial charge in [0.1, 0.15) is 16.2 Å². The van der Waals surface area contributed by atoms with E-state index in [4.69, 9.17) is 19.4 Å². The Morgan fingerprint density at radius 1 is 0.286 bits per heavy atom. The highest BCUT2D eigenvalue weighted by Gasteiger charge is 2.21. The number of rotatable bonds is 9. The van der Waals surface area contributed by atoms with Gasteiger partial charge in [0.25, 0.3) is 0 Å². The quantitative estimate of drug-likeness (QED) is 0.145. The van der Waals surface area contributed by atoms with Crippen molar-refractivity contribution in [2.24, 2.45) is 0 Å². The van der Waals surface area contributed by atoms with E-state index >= 15 is 0 Å². The predicted molar refractivity (Wildman–Crippen MR) is 291 cm³/mol. The zero-order valence-electron chi connectivity index (χ0n) is 37.8. The first-order valence-electron chi connectivity index (χ1n) is 23.5. The van der Waals surface area contributed by atoms with Gasteiger partial charge in [-0.2, -0.15) is 0 Å². The van der Waals surface area contributed by atoms with Crippen molar-refractivity contribution in [3.05, 3.63) is 249 Å². The fraction of sp³-hybridized carbons (Fsp3) is 0. The van der Waals surface area contributed by atoms with Crippen LogP contribution in [0.2, 0.25) is 0 Å². The average molecular weight is 912 g/mol. The highest BCUT2D eigenvalue weighted by Crippen LogP contribution is 2.45. The molecule has 13 aromatic rings. The molecule has 0 aliphatic heterocycles. The minimum atomic E-state index is 0.849. The summed E-state index contributed by atoms with van der Waals surface area (Å²) in [7, 11) is 0. The summed E-state index contributed by atoms with van der Waals surface area (Å²) in [6, 6.07) is 87.3. The molecule has 0 bridgehead atoms. The Hall–Kier alpha value is -9.03. The zero-order chi connectivity index (χ0) is 46.4. The topological polar surface area (TPSA) is 51.8 Å². The van der Waals surface area contributed by atoms with Crippen molar-refractivity contribution < 1.29 is 4.42 Å². The van der Waals surface area contributed by atoms with Gasteiger partial charge in [0.15, 0.2) is 0 Å². The lowest BCUT2D eigenvalue weighted by Gasteiger charge is -2.14. The summed E-state index contributed by atoms with van der Waals surface area (Å²) in [6.07, 6.45) is 0. The van der Waals surface area contributed by atoms with Gasteiger partial charge in [0.2, 0.25) is 0 Å². The first kappa shape index (κ1) is 41.2. The molecule has 0 fully saturated rings. The lowest BCUT2D eigenvalue weighted by Crippen LogP contribution is -1.93. The molecule has 0 amide bonds. The fourth-order valence-corrected chi connectivity index (χ4v) is 10.9. The van der Waals surface area contributed by atoms with E-state index in [0.29, 0.717) is 0 Å². The molecule has 70 heavy (non-hydrogen) atoms. The van der Waals surface area contributed by atoms with E-state index in [2.05, 4.69) is 212 Å². The number of benzene rings is 9. The molecule has 0 saturated heterocycles. The molecule has 4 nitrogen and oxygen atoms in total. The summed E-state index contributed by atoms with van der Waals surface area (Å²) in [5.74, 6) is 0. The van der Waals surface area contributed by atoms with Crippen LogP contribution in [0.25, 0.3) is 132 Å². The third-order valence-electron chi connectivity index (χ3n) is 13.2. The van der Waals surface area contributed by atoms with Crippen molar-refractivity contribution in [2.45, 2.75) is 0 Å². The van der Waals surface area contributed by atoms with Crippen LogP contribution >= 0.6 is 11.3 Å². The molecule has 0 spiro atoms. The molecule has 0 saturated carbocycles. The van der Waals surface area contributed by atoms with Gasteiger partial charge in [0.05, 0.1) is 38.6 Å². The maximum absolute atomic E-state index is 6.58. The van der Waals surface area contributed by atoms with Gasteiger partial charge in [0, 0.05) is 55.3 Å². The molecule has 0 radical (unpaired) electrons. The van der Waals surface area contributed by atoms with Gasteiger partial charge in [-0.25, -0.2) is 15.0 Å².